The Morgan fingerprint density at radius 2 is 1.79 bits per heavy atom. The van der Waals surface area contributed by atoms with E-state index in [1.807, 2.05) is 6.07 Å². The van der Waals surface area contributed by atoms with Gasteiger partial charge in [-0.25, -0.2) is 0 Å². The van der Waals surface area contributed by atoms with Crippen LogP contribution >= 0.6 is 0 Å². The van der Waals surface area contributed by atoms with Crippen LogP contribution in [0.3, 0.4) is 0 Å². The van der Waals surface area contributed by atoms with Crippen LogP contribution < -0.4 is 11.1 Å². The van der Waals surface area contributed by atoms with Gasteiger partial charge in [0, 0.05) is 11.3 Å². The number of aliphatic hydroxyl groups is 1. The number of nitrogens with one attached hydrogen (secondary N) is 1. The van der Waals surface area contributed by atoms with E-state index in [-0.39, 0.29) is 17.0 Å². The van der Waals surface area contributed by atoms with Crippen LogP contribution in [0.15, 0.2) is 76.3 Å². The summed E-state index contributed by atoms with van der Waals surface area (Å²) in [5, 5.41) is 19.9. The van der Waals surface area contributed by atoms with E-state index in [0.29, 0.717) is 11.4 Å². The summed E-state index contributed by atoms with van der Waals surface area (Å²) in [7, 11) is 0. The Hall–Kier alpha value is -3.48. The summed E-state index contributed by atoms with van der Waals surface area (Å²) in [6.45, 7) is 1.33. The van der Waals surface area contributed by atoms with Crippen molar-refractivity contribution >= 4 is 23.2 Å². The van der Waals surface area contributed by atoms with Crippen LogP contribution in [0.1, 0.15) is 17.3 Å². The molecule has 7 nitrogen and oxygen atoms in total. The summed E-state index contributed by atoms with van der Waals surface area (Å²) in [4.78, 5) is 23.3. The number of allylic oxidation sites excluding steroid dienone is 1. The van der Waals surface area contributed by atoms with Crippen molar-refractivity contribution in [3.05, 3.63) is 71.6 Å². The maximum absolute atomic E-state index is 12.2. The number of para-hydroxylation sites is 1. The Kier molecular flexibility index (Phi) is 5.40. The Morgan fingerprint density at radius 3 is 2.42 bits per heavy atom. The molecular weight excluding hydrogens is 308 g/mol. The second kappa shape index (κ2) is 7.68. The van der Waals surface area contributed by atoms with E-state index in [1.54, 1.807) is 36.4 Å². The first-order valence-corrected chi connectivity index (χ1v) is 7.05. The molecule has 122 valence electrons. The lowest BCUT2D eigenvalue weighted by Gasteiger charge is -2.05. The first-order valence-electron chi connectivity index (χ1n) is 7.05. The number of hydrogen-bond acceptors (Lipinski definition) is 5. The summed E-state index contributed by atoms with van der Waals surface area (Å²) in [5.41, 5.74) is 6.13. The Morgan fingerprint density at radius 1 is 1.08 bits per heavy atom. The molecule has 0 heterocycles. The number of azo groups is 1. The van der Waals surface area contributed by atoms with Gasteiger partial charge in [0.25, 0.3) is 5.91 Å². The van der Waals surface area contributed by atoms with E-state index in [0.717, 1.165) is 0 Å². The fourth-order valence-corrected chi connectivity index (χ4v) is 1.82. The fraction of sp³-hybridized carbons (Fsp3) is 0.0588. The first-order chi connectivity index (χ1) is 11.5. The molecule has 0 bridgehead atoms. The largest absolute Gasteiger partial charge is 0.510 e. The number of hydrogen-bond donors (Lipinski definition) is 3. The molecule has 0 atom stereocenters. The lowest BCUT2D eigenvalue weighted by molar-refractivity contribution is -0.113. The summed E-state index contributed by atoms with van der Waals surface area (Å²) in [5.74, 6) is -1.47. The zero-order valence-corrected chi connectivity index (χ0v) is 12.9. The standard InChI is InChI=1S/C17H16N4O3/c1-11(22)15(17(24)19-13-7-3-2-4-8-13)21-20-14-9-5-6-12(10-14)16(18)23/h2-10,22H,1H3,(H2,18,23)(H,19,24). The van der Waals surface area contributed by atoms with Crippen LogP contribution in [0.5, 0.6) is 0 Å². The van der Waals surface area contributed by atoms with Crippen LogP contribution in [-0.4, -0.2) is 16.9 Å². The molecule has 0 aliphatic rings. The maximum Gasteiger partial charge on any atom is 0.279 e. The van der Waals surface area contributed by atoms with Crippen molar-refractivity contribution in [2.45, 2.75) is 6.92 Å². The topological polar surface area (TPSA) is 117 Å². The molecule has 2 rings (SSSR count). The van der Waals surface area contributed by atoms with Crippen molar-refractivity contribution < 1.29 is 14.7 Å². The van der Waals surface area contributed by atoms with Gasteiger partial charge in [-0.3, -0.25) is 9.59 Å². The predicted octanol–water partition coefficient (Wildman–Crippen LogP) is 3.30. The Balaban J connectivity index is 2.20. The Bertz CT molecular complexity index is 810. The van der Waals surface area contributed by atoms with Crippen LogP contribution in [0, 0.1) is 0 Å². The molecule has 0 unspecified atom stereocenters. The van der Waals surface area contributed by atoms with Crippen molar-refractivity contribution in [3.63, 3.8) is 0 Å². The number of carbonyl (C=O) groups is 2. The Labute approximate surface area is 138 Å². The molecule has 24 heavy (non-hydrogen) atoms. The third kappa shape index (κ3) is 4.51. The molecule has 0 radical (unpaired) electrons. The van der Waals surface area contributed by atoms with E-state index >= 15 is 0 Å². The molecule has 0 fully saturated rings. The molecule has 2 amide bonds. The lowest BCUT2D eigenvalue weighted by atomic mass is 10.2. The molecule has 2 aromatic rings. The highest BCUT2D eigenvalue weighted by atomic mass is 16.3. The number of anilines is 1. The molecule has 0 saturated carbocycles. The molecule has 0 saturated heterocycles. The zero-order valence-electron chi connectivity index (χ0n) is 12.9. The second-order valence-electron chi connectivity index (χ2n) is 4.87. The van der Waals surface area contributed by atoms with Gasteiger partial charge < -0.3 is 16.2 Å². The van der Waals surface area contributed by atoms with Crippen LogP contribution in [0.2, 0.25) is 0 Å². The minimum atomic E-state index is -0.601. The van der Waals surface area contributed by atoms with Gasteiger partial charge >= 0.3 is 0 Å². The number of amides is 2. The molecule has 2 aromatic carbocycles. The number of benzene rings is 2. The smallest absolute Gasteiger partial charge is 0.279 e. The molecule has 0 spiro atoms. The third-order valence-corrected chi connectivity index (χ3v) is 2.99. The summed E-state index contributed by atoms with van der Waals surface area (Å²) < 4.78 is 0. The van der Waals surface area contributed by atoms with Gasteiger partial charge in [-0.2, -0.15) is 5.11 Å². The predicted molar refractivity (Wildman–Crippen MR) is 89.9 cm³/mol. The molecule has 0 aromatic heterocycles. The maximum atomic E-state index is 12.2. The van der Waals surface area contributed by atoms with Crippen LogP contribution in [-0.2, 0) is 4.79 Å². The highest BCUT2D eigenvalue weighted by Crippen LogP contribution is 2.17. The highest BCUT2D eigenvalue weighted by molar-refractivity contribution is 6.03. The van der Waals surface area contributed by atoms with Crippen molar-refractivity contribution in [3.8, 4) is 0 Å². The van der Waals surface area contributed by atoms with Crippen molar-refractivity contribution in [2.24, 2.45) is 16.0 Å². The van der Waals surface area contributed by atoms with Crippen LogP contribution in [0.25, 0.3) is 0 Å². The number of nitrogens with zero attached hydrogens (tertiary/aromatic N) is 2. The van der Waals surface area contributed by atoms with E-state index < -0.39 is 11.8 Å². The normalized spacial score (nSPS) is 11.9. The van der Waals surface area contributed by atoms with Crippen molar-refractivity contribution in [1.82, 2.24) is 0 Å². The van der Waals surface area contributed by atoms with E-state index in [9.17, 15) is 14.7 Å². The first kappa shape index (κ1) is 16.9. The van der Waals surface area contributed by atoms with E-state index in [1.165, 1.54) is 19.1 Å². The molecule has 7 heteroatoms. The molecule has 4 N–H and O–H groups in total. The van der Waals surface area contributed by atoms with Gasteiger partial charge in [0.05, 0.1) is 5.69 Å². The molecular formula is C17H16N4O3. The lowest BCUT2D eigenvalue weighted by Crippen LogP contribution is -2.14. The van der Waals surface area contributed by atoms with Gasteiger partial charge in [-0.1, -0.05) is 24.3 Å². The van der Waals surface area contributed by atoms with Gasteiger partial charge in [-0.05, 0) is 37.3 Å². The minimum Gasteiger partial charge on any atom is -0.510 e. The average molecular weight is 324 g/mol. The average Bonchev–Trinajstić information content (AvgIpc) is 2.56. The van der Waals surface area contributed by atoms with E-state index in [4.69, 9.17) is 5.73 Å². The van der Waals surface area contributed by atoms with Gasteiger partial charge in [0.15, 0.2) is 5.70 Å². The number of primary amides is 1. The fourth-order valence-electron chi connectivity index (χ4n) is 1.82. The summed E-state index contributed by atoms with van der Waals surface area (Å²) >= 11 is 0. The van der Waals surface area contributed by atoms with Gasteiger partial charge in [-0.15, -0.1) is 5.11 Å². The second-order valence-corrected chi connectivity index (χ2v) is 4.87. The zero-order chi connectivity index (χ0) is 17.5. The van der Waals surface area contributed by atoms with Crippen molar-refractivity contribution in [2.75, 3.05) is 5.32 Å². The highest BCUT2D eigenvalue weighted by Gasteiger charge is 2.13. The number of rotatable bonds is 5. The molecule has 0 aliphatic carbocycles. The van der Waals surface area contributed by atoms with Crippen molar-refractivity contribution in [1.29, 1.82) is 0 Å². The number of nitrogens with two attached hydrogens (primary N) is 1. The quantitative estimate of drug-likeness (QED) is 0.445. The molecule has 0 aliphatic heterocycles. The monoisotopic (exact) mass is 324 g/mol. The van der Waals surface area contributed by atoms with E-state index in [2.05, 4.69) is 15.5 Å². The summed E-state index contributed by atoms with van der Waals surface area (Å²) in [6, 6.07) is 14.9. The SMILES string of the molecule is CC(O)=C(N=Nc1cccc(C(N)=O)c1)C(=O)Nc1ccccc1. The number of carbonyl (C=O) groups excluding carboxylic acids is 2. The van der Waals surface area contributed by atoms with Crippen LogP contribution in [0.4, 0.5) is 11.4 Å². The summed E-state index contributed by atoms with van der Waals surface area (Å²) in [6.07, 6.45) is 0. The number of aliphatic hydroxyl groups excluding tert-OH is 1. The minimum absolute atomic E-state index is 0.233. The van der Waals surface area contributed by atoms with Gasteiger partial charge in [0.2, 0.25) is 5.91 Å². The van der Waals surface area contributed by atoms with Gasteiger partial charge in [0.1, 0.15) is 5.76 Å². The third-order valence-electron chi connectivity index (χ3n) is 2.99.